The minimum Gasteiger partial charge on any atom is -0.463 e. The van der Waals surface area contributed by atoms with Crippen LogP contribution in [0.15, 0.2) is 48.6 Å². The average molecular weight is 703 g/mol. The number of hydrogen-bond acceptors (Lipinski definition) is 6. The summed E-state index contributed by atoms with van der Waals surface area (Å²) < 4.78 is 10.3. The molecule has 6 nitrogen and oxygen atoms in total. The molecule has 0 aromatic carbocycles. The smallest absolute Gasteiger partial charge is 0.305 e. The highest BCUT2D eigenvalue weighted by molar-refractivity contribution is 5.69. The van der Waals surface area contributed by atoms with Crippen LogP contribution >= 0.6 is 0 Å². The van der Waals surface area contributed by atoms with E-state index in [0.29, 0.717) is 25.7 Å². The normalized spacial score (nSPS) is 13.9. The third-order valence-electron chi connectivity index (χ3n) is 9.19. The van der Waals surface area contributed by atoms with Gasteiger partial charge in [-0.1, -0.05) is 179 Å². The van der Waals surface area contributed by atoms with Crippen molar-refractivity contribution in [1.29, 1.82) is 0 Å². The maximum Gasteiger partial charge on any atom is 0.305 e. The number of unbranched alkanes of at least 4 members (excludes halogenated alkanes) is 17. The van der Waals surface area contributed by atoms with Crippen LogP contribution in [0.4, 0.5) is 0 Å². The van der Waals surface area contributed by atoms with Crippen LogP contribution in [0.2, 0.25) is 0 Å². The van der Waals surface area contributed by atoms with E-state index in [-0.39, 0.29) is 31.6 Å². The summed E-state index contributed by atoms with van der Waals surface area (Å²) in [7, 11) is 0. The summed E-state index contributed by atoms with van der Waals surface area (Å²) in [6.07, 6.45) is 43.3. The lowest BCUT2D eigenvalue weighted by molar-refractivity contribution is -0.152. The van der Waals surface area contributed by atoms with Crippen molar-refractivity contribution in [2.24, 2.45) is 5.92 Å². The van der Waals surface area contributed by atoms with E-state index in [1.807, 2.05) is 24.3 Å². The number of aliphatic hydroxyl groups is 2. The molecule has 0 saturated heterocycles. The third-order valence-corrected chi connectivity index (χ3v) is 9.19. The molecule has 6 heteroatoms. The van der Waals surface area contributed by atoms with Crippen LogP contribution in [0.5, 0.6) is 0 Å². The van der Waals surface area contributed by atoms with E-state index in [4.69, 9.17) is 9.47 Å². The number of ether oxygens (including phenoxy) is 2. The molecule has 0 aliphatic rings. The lowest BCUT2D eigenvalue weighted by Gasteiger charge is -2.12. The molecule has 0 aliphatic heterocycles. The standard InChI is InChI=1S/C44H78O6/c1-4-6-7-8-9-16-20-24-29-34-41(45)35-30-25-22-27-32-37-44(48)50-39-42(46)38-49-43(47)36-31-26-21-18-15-13-11-10-12-14-17-19-23-28-33-40(3)5-2/h9,16,22,24-25,29-30,35,40-42,45-46H,4-8,10-15,17-21,23,26-28,31-34,36-39H2,1-3H3/b16-9-,25-22+,29-24-,35-30-/t40?,41?,42-/m1/s1. The Morgan fingerprint density at radius 3 is 1.68 bits per heavy atom. The summed E-state index contributed by atoms with van der Waals surface area (Å²) in [5.74, 6) is 0.207. The van der Waals surface area contributed by atoms with Gasteiger partial charge in [-0.3, -0.25) is 9.59 Å². The molecule has 0 heterocycles. The molecule has 2 N–H and O–H groups in total. The molecule has 0 bridgehead atoms. The summed E-state index contributed by atoms with van der Waals surface area (Å²) in [5.41, 5.74) is 0. The fraction of sp³-hybridized carbons (Fsp3) is 0.773. The van der Waals surface area contributed by atoms with Crippen LogP contribution in [0, 0.1) is 5.92 Å². The Balaban J connectivity index is 3.59. The van der Waals surface area contributed by atoms with E-state index < -0.39 is 12.2 Å². The Morgan fingerprint density at radius 1 is 0.580 bits per heavy atom. The molecule has 0 aromatic rings. The van der Waals surface area contributed by atoms with Gasteiger partial charge in [0.1, 0.15) is 19.3 Å². The van der Waals surface area contributed by atoms with Gasteiger partial charge in [0.25, 0.3) is 0 Å². The number of allylic oxidation sites excluding steroid dienone is 6. The van der Waals surface area contributed by atoms with Crippen LogP contribution in [0.3, 0.4) is 0 Å². The number of aliphatic hydroxyl groups excluding tert-OH is 2. The molecule has 50 heavy (non-hydrogen) atoms. The maximum atomic E-state index is 12.0. The Hall–Kier alpha value is -2.18. The second-order valence-corrected chi connectivity index (χ2v) is 14.2. The molecule has 0 saturated carbocycles. The molecule has 3 atom stereocenters. The van der Waals surface area contributed by atoms with E-state index in [1.165, 1.54) is 103 Å². The van der Waals surface area contributed by atoms with Crippen molar-refractivity contribution in [3.63, 3.8) is 0 Å². The van der Waals surface area contributed by atoms with Crippen LogP contribution in [0.1, 0.15) is 188 Å². The van der Waals surface area contributed by atoms with Crippen molar-refractivity contribution in [3.05, 3.63) is 48.6 Å². The first-order valence-corrected chi connectivity index (χ1v) is 20.7. The first-order chi connectivity index (χ1) is 24.4. The lowest BCUT2D eigenvalue weighted by atomic mass is 9.99. The quantitative estimate of drug-likeness (QED) is 0.0292. The second-order valence-electron chi connectivity index (χ2n) is 14.2. The highest BCUT2D eigenvalue weighted by Gasteiger charge is 2.12. The van der Waals surface area contributed by atoms with Gasteiger partial charge in [-0.15, -0.1) is 0 Å². The first-order valence-electron chi connectivity index (χ1n) is 20.7. The van der Waals surface area contributed by atoms with E-state index in [2.05, 4.69) is 39.0 Å². The van der Waals surface area contributed by atoms with Gasteiger partial charge in [0.15, 0.2) is 0 Å². The average Bonchev–Trinajstić information content (AvgIpc) is 3.11. The summed E-state index contributed by atoms with van der Waals surface area (Å²) >= 11 is 0. The second kappa shape index (κ2) is 38.1. The Labute approximate surface area is 308 Å². The van der Waals surface area contributed by atoms with Gasteiger partial charge in [0.05, 0.1) is 6.10 Å². The number of carbonyl (C=O) groups is 2. The van der Waals surface area contributed by atoms with Crippen molar-refractivity contribution in [2.45, 2.75) is 200 Å². The van der Waals surface area contributed by atoms with E-state index in [9.17, 15) is 19.8 Å². The van der Waals surface area contributed by atoms with Crippen LogP contribution in [-0.4, -0.2) is 47.6 Å². The van der Waals surface area contributed by atoms with Gasteiger partial charge in [0.2, 0.25) is 0 Å². The van der Waals surface area contributed by atoms with Gasteiger partial charge in [-0.2, -0.15) is 0 Å². The summed E-state index contributed by atoms with van der Waals surface area (Å²) in [4.78, 5) is 23.9. The molecule has 0 amide bonds. The van der Waals surface area contributed by atoms with Crippen LogP contribution in [-0.2, 0) is 19.1 Å². The predicted molar refractivity (Wildman–Crippen MR) is 211 cm³/mol. The highest BCUT2D eigenvalue weighted by Crippen LogP contribution is 2.16. The number of hydrogen-bond donors (Lipinski definition) is 2. The van der Waals surface area contributed by atoms with Crippen LogP contribution in [0.25, 0.3) is 0 Å². The van der Waals surface area contributed by atoms with E-state index >= 15 is 0 Å². The Bertz CT molecular complexity index is 876. The van der Waals surface area contributed by atoms with Crippen molar-refractivity contribution in [1.82, 2.24) is 0 Å². The maximum absolute atomic E-state index is 12.0. The summed E-state index contributed by atoms with van der Waals surface area (Å²) in [6, 6.07) is 0. The van der Waals surface area contributed by atoms with Gasteiger partial charge in [-0.25, -0.2) is 0 Å². The molecule has 290 valence electrons. The van der Waals surface area contributed by atoms with Gasteiger partial charge in [-0.05, 0) is 50.9 Å². The number of carbonyl (C=O) groups excluding carboxylic acids is 2. The third kappa shape index (κ3) is 37.1. The minimum absolute atomic E-state index is 0.156. The molecule has 0 aliphatic carbocycles. The van der Waals surface area contributed by atoms with Crippen molar-refractivity contribution < 1.29 is 29.3 Å². The fourth-order valence-corrected chi connectivity index (χ4v) is 5.61. The molecular weight excluding hydrogens is 624 g/mol. The minimum atomic E-state index is -1.01. The van der Waals surface area contributed by atoms with E-state index in [0.717, 1.165) is 38.0 Å². The highest BCUT2D eigenvalue weighted by atomic mass is 16.6. The van der Waals surface area contributed by atoms with Gasteiger partial charge in [0, 0.05) is 12.8 Å². The first kappa shape index (κ1) is 47.8. The topological polar surface area (TPSA) is 93.1 Å². The summed E-state index contributed by atoms with van der Waals surface area (Å²) in [6.45, 7) is 6.53. The number of rotatable bonds is 36. The zero-order chi connectivity index (χ0) is 36.8. The van der Waals surface area contributed by atoms with Crippen molar-refractivity contribution in [2.75, 3.05) is 13.2 Å². The summed E-state index contributed by atoms with van der Waals surface area (Å²) in [5, 5.41) is 20.0. The fourth-order valence-electron chi connectivity index (χ4n) is 5.61. The molecule has 0 aromatic heterocycles. The van der Waals surface area contributed by atoms with Gasteiger partial charge >= 0.3 is 11.9 Å². The molecular formula is C44H78O6. The predicted octanol–water partition coefficient (Wildman–Crippen LogP) is 11.8. The molecule has 0 rings (SSSR count). The van der Waals surface area contributed by atoms with Crippen molar-refractivity contribution in [3.8, 4) is 0 Å². The Kier molecular flexibility index (Phi) is 36.4. The molecule has 0 radical (unpaired) electrons. The van der Waals surface area contributed by atoms with Crippen LogP contribution < -0.4 is 0 Å². The molecule has 0 spiro atoms. The largest absolute Gasteiger partial charge is 0.463 e. The number of esters is 2. The monoisotopic (exact) mass is 703 g/mol. The molecule has 2 unspecified atom stereocenters. The lowest BCUT2D eigenvalue weighted by Crippen LogP contribution is -2.25. The Morgan fingerprint density at radius 2 is 1.10 bits per heavy atom. The zero-order valence-electron chi connectivity index (χ0n) is 32.7. The van der Waals surface area contributed by atoms with E-state index in [1.54, 1.807) is 6.08 Å². The SMILES string of the molecule is CCCCC/C=C\C/C=C\CC(O)/C=C\C=C\CCCC(=O)OC[C@H](O)COC(=O)CCCCCCCCCCCCCCCCC(C)CC. The van der Waals surface area contributed by atoms with Gasteiger partial charge < -0.3 is 19.7 Å². The molecule has 0 fully saturated rings. The zero-order valence-corrected chi connectivity index (χ0v) is 32.7. The van der Waals surface area contributed by atoms with Crippen molar-refractivity contribution >= 4 is 11.9 Å².